The van der Waals surface area contributed by atoms with Gasteiger partial charge in [0.1, 0.15) is 17.0 Å². The molecule has 1 aliphatic rings. The van der Waals surface area contributed by atoms with Gasteiger partial charge in [-0.05, 0) is 55.7 Å². The third kappa shape index (κ3) is 4.32. The molecule has 6 heteroatoms. The first-order valence-electron chi connectivity index (χ1n) is 12.7. The SMILES string of the molecule is C=C(Cc1nc2cnc3[nH]ccc3c2n1C1(CCC)CCC(C)(CC#N)CC1)Nc1ccccc1. The minimum Gasteiger partial charge on any atom is -0.359 e. The number of benzene rings is 1. The molecule has 35 heavy (non-hydrogen) atoms. The summed E-state index contributed by atoms with van der Waals surface area (Å²) in [6.45, 7) is 8.90. The summed E-state index contributed by atoms with van der Waals surface area (Å²) in [5.41, 5.74) is 4.99. The van der Waals surface area contributed by atoms with E-state index in [9.17, 15) is 5.26 Å². The fraction of sp³-hybridized carbons (Fsp3) is 0.414. The Kier molecular flexibility index (Phi) is 6.10. The van der Waals surface area contributed by atoms with Crippen molar-refractivity contribution in [2.75, 3.05) is 5.32 Å². The number of nitrogens with one attached hydrogen (secondary N) is 2. The van der Waals surface area contributed by atoms with Crippen LogP contribution in [0.15, 0.2) is 61.1 Å². The summed E-state index contributed by atoms with van der Waals surface area (Å²) >= 11 is 0. The highest BCUT2D eigenvalue weighted by Crippen LogP contribution is 2.50. The van der Waals surface area contributed by atoms with E-state index in [1.54, 1.807) is 0 Å². The molecule has 5 rings (SSSR count). The minimum absolute atomic E-state index is 0.0353. The summed E-state index contributed by atoms with van der Waals surface area (Å²) in [4.78, 5) is 13.0. The maximum atomic E-state index is 9.41. The van der Waals surface area contributed by atoms with Crippen molar-refractivity contribution in [3.63, 3.8) is 0 Å². The third-order valence-electron chi connectivity index (χ3n) is 7.82. The number of imidazole rings is 1. The Hall–Kier alpha value is -3.59. The summed E-state index contributed by atoms with van der Waals surface area (Å²) in [7, 11) is 0. The highest BCUT2D eigenvalue weighted by atomic mass is 15.2. The van der Waals surface area contributed by atoms with Crippen LogP contribution in [0.25, 0.3) is 22.1 Å². The first-order chi connectivity index (χ1) is 17.0. The number of pyridine rings is 1. The van der Waals surface area contributed by atoms with E-state index in [-0.39, 0.29) is 11.0 Å². The van der Waals surface area contributed by atoms with E-state index in [1.807, 2.05) is 30.6 Å². The molecular weight excluding hydrogens is 432 g/mol. The van der Waals surface area contributed by atoms with E-state index in [2.05, 4.69) is 64.5 Å². The monoisotopic (exact) mass is 466 g/mol. The lowest BCUT2D eigenvalue weighted by Gasteiger charge is -2.46. The average Bonchev–Trinajstić information content (AvgIpc) is 3.46. The van der Waals surface area contributed by atoms with Crippen LogP contribution in [0, 0.1) is 16.7 Å². The molecule has 1 aliphatic carbocycles. The van der Waals surface area contributed by atoms with Gasteiger partial charge in [-0.2, -0.15) is 5.26 Å². The highest BCUT2D eigenvalue weighted by molar-refractivity contribution is 6.01. The van der Waals surface area contributed by atoms with E-state index in [1.165, 1.54) is 0 Å². The number of aromatic amines is 1. The summed E-state index contributed by atoms with van der Waals surface area (Å²) in [5, 5.41) is 14.0. The molecule has 4 aromatic rings. The Morgan fingerprint density at radius 2 is 1.97 bits per heavy atom. The number of rotatable bonds is 8. The molecule has 0 atom stereocenters. The molecule has 0 amide bonds. The van der Waals surface area contributed by atoms with Gasteiger partial charge in [0.15, 0.2) is 0 Å². The van der Waals surface area contributed by atoms with Gasteiger partial charge in [0.2, 0.25) is 0 Å². The lowest BCUT2D eigenvalue weighted by molar-refractivity contribution is 0.0909. The average molecular weight is 467 g/mol. The number of aromatic nitrogens is 4. The topological polar surface area (TPSA) is 82.3 Å². The van der Waals surface area contributed by atoms with Crippen molar-refractivity contribution in [2.45, 2.75) is 70.8 Å². The molecule has 1 aromatic carbocycles. The van der Waals surface area contributed by atoms with E-state index in [0.29, 0.717) is 12.8 Å². The number of para-hydroxylation sites is 1. The quantitative estimate of drug-likeness (QED) is 0.291. The van der Waals surface area contributed by atoms with Crippen LogP contribution >= 0.6 is 0 Å². The van der Waals surface area contributed by atoms with Crippen LogP contribution in [0.1, 0.15) is 64.6 Å². The fourth-order valence-corrected chi connectivity index (χ4v) is 5.95. The second kappa shape index (κ2) is 9.22. The van der Waals surface area contributed by atoms with Gasteiger partial charge in [-0.3, -0.25) is 0 Å². The summed E-state index contributed by atoms with van der Waals surface area (Å²) < 4.78 is 2.54. The summed E-state index contributed by atoms with van der Waals surface area (Å²) in [6, 6.07) is 14.7. The van der Waals surface area contributed by atoms with Crippen molar-refractivity contribution in [2.24, 2.45) is 5.41 Å². The van der Waals surface area contributed by atoms with Gasteiger partial charge in [0.25, 0.3) is 0 Å². The zero-order valence-corrected chi connectivity index (χ0v) is 20.8. The predicted molar refractivity (Wildman–Crippen MR) is 142 cm³/mol. The van der Waals surface area contributed by atoms with Gasteiger partial charge in [0, 0.05) is 41.3 Å². The number of fused-ring (bicyclic) bond motifs is 3. The van der Waals surface area contributed by atoms with Crippen LogP contribution in [0.5, 0.6) is 0 Å². The molecular formula is C29H34N6. The molecule has 0 bridgehead atoms. The van der Waals surface area contributed by atoms with E-state index < -0.39 is 0 Å². The number of nitrogens with zero attached hydrogens (tertiary/aromatic N) is 4. The Bertz CT molecular complexity index is 1380. The maximum Gasteiger partial charge on any atom is 0.139 e. The largest absolute Gasteiger partial charge is 0.359 e. The second-order valence-electron chi connectivity index (χ2n) is 10.5. The Morgan fingerprint density at radius 3 is 2.69 bits per heavy atom. The maximum absolute atomic E-state index is 9.41. The Balaban J connectivity index is 1.61. The van der Waals surface area contributed by atoms with Crippen molar-refractivity contribution in [1.29, 1.82) is 5.26 Å². The molecule has 3 heterocycles. The summed E-state index contributed by atoms with van der Waals surface area (Å²) in [5.74, 6) is 1.03. The van der Waals surface area contributed by atoms with Gasteiger partial charge in [-0.15, -0.1) is 0 Å². The van der Waals surface area contributed by atoms with Crippen LogP contribution < -0.4 is 5.32 Å². The molecule has 0 radical (unpaired) electrons. The molecule has 2 N–H and O–H groups in total. The smallest absolute Gasteiger partial charge is 0.139 e. The molecule has 0 saturated heterocycles. The van der Waals surface area contributed by atoms with Crippen molar-refractivity contribution in [3.8, 4) is 6.07 Å². The molecule has 3 aromatic heterocycles. The van der Waals surface area contributed by atoms with Crippen LogP contribution in [0.4, 0.5) is 5.69 Å². The minimum atomic E-state index is -0.0353. The molecule has 180 valence electrons. The molecule has 0 spiro atoms. The van der Waals surface area contributed by atoms with Gasteiger partial charge < -0.3 is 14.9 Å². The highest BCUT2D eigenvalue weighted by Gasteiger charge is 2.43. The van der Waals surface area contributed by atoms with Crippen molar-refractivity contribution >= 4 is 27.8 Å². The predicted octanol–water partition coefficient (Wildman–Crippen LogP) is 7.07. The fourth-order valence-electron chi connectivity index (χ4n) is 5.95. The Morgan fingerprint density at radius 1 is 1.20 bits per heavy atom. The number of hydrogen-bond acceptors (Lipinski definition) is 4. The second-order valence-corrected chi connectivity index (χ2v) is 10.5. The normalized spacial score (nSPS) is 22.3. The molecule has 0 unspecified atom stereocenters. The van der Waals surface area contributed by atoms with Crippen LogP contribution in [0.2, 0.25) is 0 Å². The lowest BCUT2D eigenvalue weighted by atomic mass is 9.65. The van der Waals surface area contributed by atoms with Gasteiger partial charge in [0.05, 0.1) is 17.8 Å². The number of allylic oxidation sites excluding steroid dienone is 1. The first kappa shape index (κ1) is 23.2. The zero-order valence-electron chi connectivity index (χ0n) is 20.8. The number of H-pyrrole nitrogens is 1. The zero-order chi connectivity index (χ0) is 24.5. The summed E-state index contributed by atoms with van der Waals surface area (Å²) in [6.07, 6.45) is 11.5. The Labute approximate surface area is 207 Å². The van der Waals surface area contributed by atoms with Crippen LogP contribution in [-0.4, -0.2) is 19.5 Å². The van der Waals surface area contributed by atoms with E-state index >= 15 is 0 Å². The number of nitriles is 1. The van der Waals surface area contributed by atoms with Crippen LogP contribution in [0.3, 0.4) is 0 Å². The van der Waals surface area contributed by atoms with E-state index in [0.717, 1.165) is 77.8 Å². The molecule has 1 fully saturated rings. The van der Waals surface area contributed by atoms with E-state index in [4.69, 9.17) is 4.98 Å². The number of anilines is 1. The van der Waals surface area contributed by atoms with Crippen molar-refractivity contribution < 1.29 is 0 Å². The van der Waals surface area contributed by atoms with Crippen molar-refractivity contribution in [3.05, 3.63) is 66.9 Å². The molecule has 1 saturated carbocycles. The molecule has 6 nitrogen and oxygen atoms in total. The number of hydrogen-bond donors (Lipinski definition) is 2. The van der Waals surface area contributed by atoms with Crippen LogP contribution in [-0.2, 0) is 12.0 Å². The van der Waals surface area contributed by atoms with Crippen molar-refractivity contribution in [1.82, 2.24) is 19.5 Å². The first-order valence-corrected chi connectivity index (χ1v) is 12.7. The molecule has 0 aliphatic heterocycles. The third-order valence-corrected chi connectivity index (χ3v) is 7.82. The van der Waals surface area contributed by atoms with Gasteiger partial charge in [-0.1, -0.05) is 45.0 Å². The van der Waals surface area contributed by atoms with Gasteiger partial charge in [-0.25, -0.2) is 9.97 Å². The standard InChI is InChI=1S/C29H34N6/c1-4-11-29(14-12-28(3,13-15-29)16-17-30)35-25(19-21(2)33-22-8-6-5-7-9-22)34-24-20-32-27-23(26(24)35)10-18-31-27/h5-10,18,20,33H,2,4,11-16,19H2,1,3H3,(H,31,32). The lowest BCUT2D eigenvalue weighted by Crippen LogP contribution is -2.41. The van der Waals surface area contributed by atoms with Gasteiger partial charge >= 0.3 is 0 Å².